The summed E-state index contributed by atoms with van der Waals surface area (Å²) in [5.74, 6) is 5.93. The molecule has 0 radical (unpaired) electrons. The third-order valence-electron chi connectivity index (χ3n) is 3.98. The van der Waals surface area contributed by atoms with Gasteiger partial charge in [0.1, 0.15) is 6.61 Å². The summed E-state index contributed by atoms with van der Waals surface area (Å²) in [6.07, 6.45) is 14.1. The Bertz CT molecular complexity index is 510. The number of carbonyl (C=O) groups excluding carboxylic acids is 1. The summed E-state index contributed by atoms with van der Waals surface area (Å²) in [6.45, 7) is 4.19. The summed E-state index contributed by atoms with van der Waals surface area (Å²) in [7, 11) is 0. The summed E-state index contributed by atoms with van der Waals surface area (Å²) < 4.78 is 0. The van der Waals surface area contributed by atoms with Crippen LogP contribution in [0.2, 0.25) is 0 Å². The van der Waals surface area contributed by atoms with Crippen molar-refractivity contribution in [3.8, 4) is 11.8 Å². The number of aliphatic hydroxyl groups is 1. The van der Waals surface area contributed by atoms with E-state index in [1.54, 1.807) is 0 Å². The Hall–Kier alpha value is -1.59. The maximum atomic E-state index is 11.6. The molecular formula is C20H28O2. The molecule has 0 bridgehead atoms. The number of carbonyl (C=O) groups is 1. The van der Waals surface area contributed by atoms with Gasteiger partial charge in [0.2, 0.25) is 0 Å². The van der Waals surface area contributed by atoms with Crippen LogP contribution in [-0.2, 0) is 4.79 Å². The number of unbranched alkanes of at least 4 members (excludes halogenated alkanes) is 1. The SMILES string of the molecule is CC(=CCCC#CCO)CCC=CCCC1=C(C)CCC1=O. The molecule has 2 heteroatoms. The van der Waals surface area contributed by atoms with Crippen LogP contribution >= 0.6 is 0 Å². The summed E-state index contributed by atoms with van der Waals surface area (Å²) in [5, 5.41) is 8.54. The van der Waals surface area contributed by atoms with Gasteiger partial charge in [-0.1, -0.05) is 35.3 Å². The van der Waals surface area contributed by atoms with Crippen molar-refractivity contribution >= 4 is 5.78 Å². The van der Waals surface area contributed by atoms with Gasteiger partial charge in [0.05, 0.1) is 0 Å². The molecule has 0 atom stereocenters. The Morgan fingerprint density at radius 1 is 1.18 bits per heavy atom. The van der Waals surface area contributed by atoms with Gasteiger partial charge in [-0.15, -0.1) is 5.92 Å². The predicted octanol–water partition coefficient (Wildman–Crippen LogP) is 4.50. The van der Waals surface area contributed by atoms with Crippen LogP contribution in [0.5, 0.6) is 0 Å². The molecule has 0 aromatic rings. The summed E-state index contributed by atoms with van der Waals surface area (Å²) in [6, 6.07) is 0. The first kappa shape index (κ1) is 18.5. The number of hydrogen-bond acceptors (Lipinski definition) is 2. The minimum atomic E-state index is -0.0461. The standard InChI is InChI=1S/C20H28O2/c1-17(12-8-5-6-10-16-21)11-7-3-4-9-13-19-18(2)14-15-20(19)22/h3-4,12,21H,5,7-9,11,13-16H2,1-2H3. The van der Waals surface area contributed by atoms with Gasteiger partial charge in [0.25, 0.3) is 0 Å². The molecule has 1 N–H and O–H groups in total. The Kier molecular flexibility index (Phi) is 9.26. The number of allylic oxidation sites excluding steroid dienone is 6. The van der Waals surface area contributed by atoms with E-state index in [1.165, 1.54) is 11.1 Å². The number of aliphatic hydroxyl groups excluding tert-OH is 1. The second-order valence-corrected chi connectivity index (χ2v) is 5.83. The van der Waals surface area contributed by atoms with Crippen LogP contribution in [0.3, 0.4) is 0 Å². The van der Waals surface area contributed by atoms with E-state index >= 15 is 0 Å². The second-order valence-electron chi connectivity index (χ2n) is 5.83. The highest BCUT2D eigenvalue weighted by Gasteiger charge is 2.18. The smallest absolute Gasteiger partial charge is 0.159 e. The third kappa shape index (κ3) is 7.43. The zero-order chi connectivity index (χ0) is 16.2. The van der Waals surface area contributed by atoms with Gasteiger partial charge in [-0.2, -0.15) is 0 Å². The van der Waals surface area contributed by atoms with Crippen molar-refractivity contribution in [2.75, 3.05) is 6.61 Å². The van der Waals surface area contributed by atoms with Crippen LogP contribution in [0.25, 0.3) is 0 Å². The van der Waals surface area contributed by atoms with E-state index < -0.39 is 0 Å². The lowest BCUT2D eigenvalue weighted by molar-refractivity contribution is -0.115. The molecule has 1 rings (SSSR count). The maximum absolute atomic E-state index is 11.6. The number of rotatable bonds is 8. The molecule has 0 heterocycles. The van der Waals surface area contributed by atoms with E-state index in [2.05, 4.69) is 43.9 Å². The lowest BCUT2D eigenvalue weighted by atomic mass is 10.1. The van der Waals surface area contributed by atoms with Crippen LogP contribution < -0.4 is 0 Å². The van der Waals surface area contributed by atoms with E-state index in [4.69, 9.17) is 5.11 Å². The predicted molar refractivity (Wildman–Crippen MR) is 92.4 cm³/mol. The average molecular weight is 300 g/mol. The minimum absolute atomic E-state index is 0.0461. The molecule has 1 aliphatic rings. The highest BCUT2D eigenvalue weighted by atomic mass is 16.2. The fourth-order valence-electron chi connectivity index (χ4n) is 2.61. The van der Waals surface area contributed by atoms with Crippen LogP contribution in [0.1, 0.15) is 65.2 Å². The molecule has 0 saturated heterocycles. The molecule has 0 unspecified atom stereocenters. The molecular weight excluding hydrogens is 272 g/mol. The van der Waals surface area contributed by atoms with E-state index in [0.717, 1.165) is 56.9 Å². The van der Waals surface area contributed by atoms with Crippen molar-refractivity contribution in [3.63, 3.8) is 0 Å². The Labute approximate surface area is 135 Å². The van der Waals surface area contributed by atoms with Crippen molar-refractivity contribution < 1.29 is 9.90 Å². The quantitative estimate of drug-likeness (QED) is 0.407. The van der Waals surface area contributed by atoms with Gasteiger partial charge in [0.15, 0.2) is 5.78 Å². The largest absolute Gasteiger partial charge is 0.384 e. The zero-order valence-corrected chi connectivity index (χ0v) is 14.0. The first-order valence-electron chi connectivity index (χ1n) is 8.24. The lowest BCUT2D eigenvalue weighted by Gasteiger charge is -2.00. The second kappa shape index (κ2) is 11.0. The normalized spacial score (nSPS) is 15.6. The minimum Gasteiger partial charge on any atom is -0.384 e. The van der Waals surface area contributed by atoms with E-state index in [1.807, 2.05) is 0 Å². The van der Waals surface area contributed by atoms with Crippen molar-refractivity contribution in [2.24, 2.45) is 0 Å². The first-order chi connectivity index (χ1) is 10.6. The monoisotopic (exact) mass is 300 g/mol. The van der Waals surface area contributed by atoms with Crippen molar-refractivity contribution in [1.29, 1.82) is 0 Å². The van der Waals surface area contributed by atoms with Gasteiger partial charge < -0.3 is 5.11 Å². The van der Waals surface area contributed by atoms with Crippen molar-refractivity contribution in [2.45, 2.75) is 65.2 Å². The van der Waals surface area contributed by atoms with Gasteiger partial charge in [0, 0.05) is 12.8 Å². The lowest BCUT2D eigenvalue weighted by Crippen LogP contribution is -1.95. The van der Waals surface area contributed by atoms with Crippen LogP contribution in [0.15, 0.2) is 34.9 Å². The molecule has 0 aromatic heterocycles. The highest BCUT2D eigenvalue weighted by molar-refractivity contribution is 5.98. The fourth-order valence-corrected chi connectivity index (χ4v) is 2.61. The first-order valence-corrected chi connectivity index (χ1v) is 8.24. The van der Waals surface area contributed by atoms with Gasteiger partial charge in [-0.3, -0.25) is 4.79 Å². The van der Waals surface area contributed by atoms with Crippen LogP contribution in [0, 0.1) is 11.8 Å². The molecule has 0 aromatic carbocycles. The molecule has 0 spiro atoms. The van der Waals surface area contributed by atoms with E-state index in [0.29, 0.717) is 5.78 Å². The maximum Gasteiger partial charge on any atom is 0.159 e. The molecule has 0 aliphatic heterocycles. The van der Waals surface area contributed by atoms with Gasteiger partial charge >= 0.3 is 0 Å². The molecule has 120 valence electrons. The topological polar surface area (TPSA) is 37.3 Å². The molecule has 1 aliphatic carbocycles. The molecule has 22 heavy (non-hydrogen) atoms. The summed E-state index contributed by atoms with van der Waals surface area (Å²) >= 11 is 0. The fraction of sp³-hybridized carbons (Fsp3) is 0.550. The van der Waals surface area contributed by atoms with E-state index in [9.17, 15) is 4.79 Å². The number of ketones is 1. The summed E-state index contributed by atoms with van der Waals surface area (Å²) in [5.41, 5.74) is 3.76. The van der Waals surface area contributed by atoms with E-state index in [-0.39, 0.29) is 6.61 Å². The molecule has 2 nitrogen and oxygen atoms in total. The Balaban J connectivity index is 2.14. The molecule has 0 amide bonds. The Morgan fingerprint density at radius 2 is 1.95 bits per heavy atom. The van der Waals surface area contributed by atoms with Crippen LogP contribution in [0.4, 0.5) is 0 Å². The molecule has 0 fully saturated rings. The average Bonchev–Trinajstić information content (AvgIpc) is 2.82. The Morgan fingerprint density at radius 3 is 2.64 bits per heavy atom. The molecule has 0 saturated carbocycles. The number of hydrogen-bond donors (Lipinski definition) is 1. The zero-order valence-electron chi connectivity index (χ0n) is 14.0. The summed E-state index contributed by atoms with van der Waals surface area (Å²) in [4.78, 5) is 11.6. The van der Waals surface area contributed by atoms with Gasteiger partial charge in [-0.05, 0) is 57.9 Å². The van der Waals surface area contributed by atoms with Crippen LogP contribution in [-0.4, -0.2) is 17.5 Å². The van der Waals surface area contributed by atoms with Gasteiger partial charge in [-0.25, -0.2) is 0 Å². The highest BCUT2D eigenvalue weighted by Crippen LogP contribution is 2.25. The van der Waals surface area contributed by atoms with Crippen molar-refractivity contribution in [3.05, 3.63) is 34.9 Å². The third-order valence-corrected chi connectivity index (χ3v) is 3.98. The number of Topliss-reactive ketones (excluding diaryl/α,β-unsaturated/α-hetero) is 1. The van der Waals surface area contributed by atoms with Crippen molar-refractivity contribution in [1.82, 2.24) is 0 Å².